The van der Waals surface area contributed by atoms with Crippen LogP contribution in [0.5, 0.6) is 0 Å². The van der Waals surface area contributed by atoms with E-state index in [1.165, 1.54) is 6.20 Å². The fraction of sp³-hybridized carbons (Fsp3) is 0.238. The first kappa shape index (κ1) is 18.3. The van der Waals surface area contributed by atoms with Crippen molar-refractivity contribution in [1.82, 2.24) is 9.97 Å². The van der Waals surface area contributed by atoms with Gasteiger partial charge in [0.1, 0.15) is 11.1 Å². The van der Waals surface area contributed by atoms with Crippen LogP contribution < -0.4 is 5.32 Å². The van der Waals surface area contributed by atoms with Crippen molar-refractivity contribution in [1.29, 1.82) is 5.26 Å². The lowest BCUT2D eigenvalue weighted by Crippen LogP contribution is -2.10. The van der Waals surface area contributed by atoms with E-state index in [0.29, 0.717) is 28.7 Å². The van der Waals surface area contributed by atoms with E-state index < -0.39 is 5.97 Å². The minimum atomic E-state index is -0.456. The van der Waals surface area contributed by atoms with E-state index in [4.69, 9.17) is 10.00 Å². The Hall–Kier alpha value is -3.46. The molecule has 2 heterocycles. The molecule has 6 nitrogen and oxygen atoms in total. The number of nitriles is 1. The highest BCUT2D eigenvalue weighted by molar-refractivity contribution is 6.04. The van der Waals surface area contributed by atoms with Crippen molar-refractivity contribution in [3.8, 4) is 6.07 Å². The topological polar surface area (TPSA) is 87.9 Å². The molecule has 0 aliphatic carbocycles. The number of fused-ring (bicyclic) bond motifs is 1. The van der Waals surface area contributed by atoms with Crippen LogP contribution in [0.4, 0.5) is 11.4 Å². The number of aromatic nitrogens is 2. The predicted octanol–water partition coefficient (Wildman–Crippen LogP) is 4.57. The molecule has 1 aromatic carbocycles. The molecule has 0 radical (unpaired) electrons. The van der Waals surface area contributed by atoms with Crippen molar-refractivity contribution in [2.24, 2.45) is 0 Å². The van der Waals surface area contributed by atoms with Crippen LogP contribution in [0.1, 0.15) is 42.1 Å². The van der Waals surface area contributed by atoms with Gasteiger partial charge in [-0.3, -0.25) is 9.97 Å². The number of pyridine rings is 2. The molecular formula is C21H20N4O2. The summed E-state index contributed by atoms with van der Waals surface area (Å²) in [4.78, 5) is 21.2. The molecule has 136 valence electrons. The molecule has 27 heavy (non-hydrogen) atoms. The summed E-state index contributed by atoms with van der Waals surface area (Å²) in [6, 6.07) is 13.6. The Morgan fingerprint density at radius 1 is 1.26 bits per heavy atom. The maximum Gasteiger partial charge on any atom is 0.341 e. The fourth-order valence-electron chi connectivity index (χ4n) is 2.93. The first-order chi connectivity index (χ1) is 13.2. The Labute approximate surface area is 157 Å². The van der Waals surface area contributed by atoms with Crippen molar-refractivity contribution in [3.63, 3.8) is 0 Å². The normalized spacial score (nSPS) is 11.6. The second-order valence-electron chi connectivity index (χ2n) is 6.11. The smallest absolute Gasteiger partial charge is 0.341 e. The van der Waals surface area contributed by atoms with Crippen LogP contribution in [0.25, 0.3) is 11.0 Å². The van der Waals surface area contributed by atoms with E-state index in [2.05, 4.69) is 21.4 Å². The van der Waals surface area contributed by atoms with Gasteiger partial charge >= 0.3 is 5.97 Å². The lowest BCUT2D eigenvalue weighted by atomic mass is 9.96. The van der Waals surface area contributed by atoms with Crippen LogP contribution >= 0.6 is 0 Å². The summed E-state index contributed by atoms with van der Waals surface area (Å²) < 4.78 is 5.18. The molecule has 0 aliphatic heterocycles. The summed E-state index contributed by atoms with van der Waals surface area (Å²) in [5, 5.41) is 12.4. The van der Waals surface area contributed by atoms with Gasteiger partial charge in [0.2, 0.25) is 0 Å². The van der Waals surface area contributed by atoms with E-state index in [9.17, 15) is 4.79 Å². The Balaban J connectivity index is 2.13. The van der Waals surface area contributed by atoms with Crippen LogP contribution in [-0.4, -0.2) is 22.5 Å². The fourth-order valence-corrected chi connectivity index (χ4v) is 2.93. The van der Waals surface area contributed by atoms with Gasteiger partial charge in [-0.25, -0.2) is 4.79 Å². The van der Waals surface area contributed by atoms with Gasteiger partial charge in [0.15, 0.2) is 0 Å². The average Bonchev–Trinajstić information content (AvgIpc) is 2.69. The SMILES string of the molecule is CCOC(=O)c1cnc2cccnc2c1Nc1ccccc1C(C)CC#N. The Kier molecular flexibility index (Phi) is 5.62. The van der Waals surface area contributed by atoms with E-state index in [0.717, 1.165) is 11.3 Å². The Morgan fingerprint density at radius 2 is 2.07 bits per heavy atom. The molecule has 0 bridgehead atoms. The number of carbonyl (C=O) groups excluding carboxylic acids is 1. The minimum absolute atomic E-state index is 0.0470. The highest BCUT2D eigenvalue weighted by Crippen LogP contribution is 2.33. The van der Waals surface area contributed by atoms with Gasteiger partial charge in [-0.05, 0) is 36.6 Å². The van der Waals surface area contributed by atoms with Gasteiger partial charge < -0.3 is 10.1 Å². The number of nitrogens with one attached hydrogen (secondary N) is 1. The van der Waals surface area contributed by atoms with Gasteiger partial charge in [0, 0.05) is 24.5 Å². The van der Waals surface area contributed by atoms with Crippen LogP contribution in [0, 0.1) is 11.3 Å². The molecule has 0 fully saturated rings. The molecule has 3 rings (SSSR count). The van der Waals surface area contributed by atoms with Crippen molar-refractivity contribution in [2.75, 3.05) is 11.9 Å². The number of benzene rings is 1. The molecule has 1 unspecified atom stereocenters. The first-order valence-corrected chi connectivity index (χ1v) is 8.79. The molecule has 1 atom stereocenters. The number of hydrogen-bond acceptors (Lipinski definition) is 6. The molecule has 0 saturated heterocycles. The Morgan fingerprint density at radius 3 is 2.85 bits per heavy atom. The van der Waals surface area contributed by atoms with Gasteiger partial charge in [0.25, 0.3) is 0 Å². The number of nitrogens with zero attached hydrogens (tertiary/aromatic N) is 3. The maximum atomic E-state index is 12.4. The number of carbonyl (C=O) groups is 1. The summed E-state index contributed by atoms with van der Waals surface area (Å²) in [6.45, 7) is 4.03. The highest BCUT2D eigenvalue weighted by Gasteiger charge is 2.19. The molecule has 0 aliphatic rings. The molecule has 1 N–H and O–H groups in total. The molecular weight excluding hydrogens is 340 g/mol. The Bertz CT molecular complexity index is 1010. The summed E-state index contributed by atoms with van der Waals surface area (Å²) in [5.74, 6) is -0.409. The second kappa shape index (κ2) is 8.28. The lowest BCUT2D eigenvalue weighted by Gasteiger charge is -2.18. The highest BCUT2D eigenvalue weighted by atomic mass is 16.5. The van der Waals surface area contributed by atoms with E-state index >= 15 is 0 Å². The van der Waals surface area contributed by atoms with Crippen LogP contribution in [0.15, 0.2) is 48.8 Å². The van der Waals surface area contributed by atoms with Crippen LogP contribution in [-0.2, 0) is 4.74 Å². The van der Waals surface area contributed by atoms with Gasteiger partial charge in [-0.15, -0.1) is 0 Å². The maximum absolute atomic E-state index is 12.4. The largest absolute Gasteiger partial charge is 0.462 e. The molecule has 0 spiro atoms. The van der Waals surface area contributed by atoms with Gasteiger partial charge in [-0.1, -0.05) is 25.1 Å². The van der Waals surface area contributed by atoms with Crippen molar-refractivity contribution >= 4 is 28.4 Å². The van der Waals surface area contributed by atoms with Gasteiger partial charge in [-0.2, -0.15) is 5.26 Å². The molecule has 0 saturated carbocycles. The summed E-state index contributed by atoms with van der Waals surface area (Å²) in [7, 11) is 0. The summed E-state index contributed by atoms with van der Waals surface area (Å²) in [5.41, 5.74) is 3.96. The monoisotopic (exact) mass is 360 g/mol. The standard InChI is InChI=1S/C21H20N4O2/c1-3-27-21(26)16-13-24-18-9-6-12-23-20(18)19(16)25-17-8-5-4-7-15(17)14(2)10-11-22/h4-9,12-14H,3,10H2,1-2H3,(H,24,25). The molecule has 0 amide bonds. The third kappa shape index (κ3) is 3.87. The van der Waals surface area contributed by atoms with Crippen molar-refractivity contribution in [3.05, 3.63) is 59.9 Å². The molecule has 6 heteroatoms. The number of rotatable bonds is 6. The third-order valence-corrected chi connectivity index (χ3v) is 4.27. The number of para-hydroxylation sites is 1. The number of esters is 1. The van der Waals surface area contributed by atoms with E-state index in [-0.39, 0.29) is 12.5 Å². The molecule has 2 aromatic heterocycles. The van der Waals surface area contributed by atoms with Crippen LogP contribution in [0.3, 0.4) is 0 Å². The average molecular weight is 360 g/mol. The van der Waals surface area contributed by atoms with E-state index in [1.807, 2.05) is 37.3 Å². The summed E-state index contributed by atoms with van der Waals surface area (Å²) in [6.07, 6.45) is 3.57. The quantitative estimate of drug-likeness (QED) is 0.648. The zero-order valence-electron chi connectivity index (χ0n) is 15.3. The van der Waals surface area contributed by atoms with Crippen molar-refractivity contribution < 1.29 is 9.53 Å². The first-order valence-electron chi connectivity index (χ1n) is 8.79. The van der Waals surface area contributed by atoms with Gasteiger partial charge in [0.05, 0.1) is 23.9 Å². The summed E-state index contributed by atoms with van der Waals surface area (Å²) >= 11 is 0. The second-order valence-corrected chi connectivity index (χ2v) is 6.11. The third-order valence-electron chi connectivity index (χ3n) is 4.27. The number of ether oxygens (including phenoxy) is 1. The van der Waals surface area contributed by atoms with Crippen molar-refractivity contribution in [2.45, 2.75) is 26.2 Å². The predicted molar refractivity (Wildman–Crippen MR) is 104 cm³/mol. The zero-order valence-corrected chi connectivity index (χ0v) is 15.3. The number of hydrogen-bond donors (Lipinski definition) is 1. The van der Waals surface area contributed by atoms with Crippen LogP contribution in [0.2, 0.25) is 0 Å². The van der Waals surface area contributed by atoms with E-state index in [1.54, 1.807) is 19.2 Å². The zero-order chi connectivity index (χ0) is 19.2. The lowest BCUT2D eigenvalue weighted by molar-refractivity contribution is 0.0527. The number of anilines is 2. The minimum Gasteiger partial charge on any atom is -0.462 e. The molecule has 3 aromatic rings.